The van der Waals surface area contributed by atoms with Gasteiger partial charge in [-0.05, 0) is 38.8 Å². The fourth-order valence-corrected chi connectivity index (χ4v) is 2.08. The van der Waals surface area contributed by atoms with Gasteiger partial charge in [0, 0.05) is 5.56 Å². The Balaban J connectivity index is 2.76. The number of rotatable bonds is 0. The van der Waals surface area contributed by atoms with Gasteiger partial charge in [-0.1, -0.05) is 18.7 Å². The third kappa shape index (κ3) is 1.02. The second kappa shape index (κ2) is 2.63. The van der Waals surface area contributed by atoms with Crippen molar-refractivity contribution in [2.24, 2.45) is 0 Å². The van der Waals surface area contributed by atoms with Crippen LogP contribution >= 0.6 is 0 Å². The minimum Gasteiger partial charge on any atom is -0.461 e. The first-order valence-electron chi connectivity index (χ1n) is 4.92. The van der Waals surface area contributed by atoms with E-state index in [2.05, 4.69) is 46.4 Å². The molecule has 0 saturated carbocycles. The number of hydrogen-bond donors (Lipinski definition) is 0. The summed E-state index contributed by atoms with van der Waals surface area (Å²) in [5.74, 6) is 1.87. The summed E-state index contributed by atoms with van der Waals surface area (Å²) in [6.07, 6.45) is 0. The molecule has 0 saturated heterocycles. The molecule has 1 aromatic rings. The van der Waals surface area contributed by atoms with Crippen LogP contribution in [0.2, 0.25) is 0 Å². The molecular formula is C13H16O. The highest BCUT2D eigenvalue weighted by atomic mass is 16.5. The van der Waals surface area contributed by atoms with E-state index in [-0.39, 0.29) is 5.41 Å². The van der Waals surface area contributed by atoms with E-state index in [0.717, 1.165) is 11.5 Å². The highest BCUT2D eigenvalue weighted by Gasteiger charge is 2.37. The van der Waals surface area contributed by atoms with Gasteiger partial charge < -0.3 is 4.74 Å². The molecular weight excluding hydrogens is 172 g/mol. The van der Waals surface area contributed by atoms with Gasteiger partial charge in [0.25, 0.3) is 0 Å². The van der Waals surface area contributed by atoms with Crippen LogP contribution in [-0.2, 0) is 5.41 Å². The number of benzene rings is 1. The van der Waals surface area contributed by atoms with Crippen molar-refractivity contribution in [3.8, 4) is 5.75 Å². The molecule has 1 aliphatic rings. The fraction of sp³-hybridized carbons (Fsp3) is 0.385. The van der Waals surface area contributed by atoms with Crippen LogP contribution in [-0.4, -0.2) is 0 Å². The zero-order valence-electron chi connectivity index (χ0n) is 9.27. The molecule has 0 radical (unpaired) electrons. The second-order valence-electron chi connectivity index (χ2n) is 4.55. The molecule has 0 spiro atoms. The Bertz CT molecular complexity index is 413. The molecule has 14 heavy (non-hydrogen) atoms. The zero-order chi connectivity index (χ0) is 10.5. The van der Waals surface area contributed by atoms with E-state index >= 15 is 0 Å². The van der Waals surface area contributed by atoms with Crippen LogP contribution in [0.15, 0.2) is 24.5 Å². The molecule has 1 aromatic carbocycles. The molecule has 0 aromatic heterocycles. The smallest absolute Gasteiger partial charge is 0.134 e. The summed E-state index contributed by atoms with van der Waals surface area (Å²) >= 11 is 0. The molecule has 0 bridgehead atoms. The zero-order valence-corrected chi connectivity index (χ0v) is 9.27. The van der Waals surface area contributed by atoms with Crippen molar-refractivity contribution in [2.75, 3.05) is 0 Å². The van der Waals surface area contributed by atoms with E-state index in [1.165, 1.54) is 16.7 Å². The summed E-state index contributed by atoms with van der Waals surface area (Å²) in [5.41, 5.74) is 3.72. The lowest BCUT2D eigenvalue weighted by Gasteiger charge is -2.18. The summed E-state index contributed by atoms with van der Waals surface area (Å²) in [6, 6.07) is 4.25. The standard InChI is InChI=1S/C13H16O/c1-8-6-7-9(2)12-11(8)13(4,5)10(3)14-12/h6-7H,3H2,1-2,4-5H3. The molecule has 0 unspecified atom stereocenters. The maximum Gasteiger partial charge on any atom is 0.134 e. The first-order valence-corrected chi connectivity index (χ1v) is 4.92. The molecule has 0 fully saturated rings. The van der Waals surface area contributed by atoms with E-state index in [0.29, 0.717) is 0 Å². The Hall–Kier alpha value is -1.24. The maximum atomic E-state index is 5.74. The Kier molecular flexibility index (Phi) is 1.75. The van der Waals surface area contributed by atoms with E-state index < -0.39 is 0 Å². The van der Waals surface area contributed by atoms with Gasteiger partial charge in [0.15, 0.2) is 0 Å². The molecule has 74 valence electrons. The lowest BCUT2D eigenvalue weighted by Crippen LogP contribution is -2.16. The number of ether oxygens (including phenoxy) is 1. The summed E-state index contributed by atoms with van der Waals surface area (Å²) < 4.78 is 5.74. The third-order valence-corrected chi connectivity index (χ3v) is 3.11. The van der Waals surface area contributed by atoms with Crippen LogP contribution in [0.3, 0.4) is 0 Å². The fourth-order valence-electron chi connectivity index (χ4n) is 2.08. The van der Waals surface area contributed by atoms with Crippen LogP contribution < -0.4 is 4.74 Å². The summed E-state index contributed by atoms with van der Waals surface area (Å²) in [5, 5.41) is 0. The topological polar surface area (TPSA) is 9.23 Å². The molecule has 0 atom stereocenters. The number of hydrogen-bond acceptors (Lipinski definition) is 1. The highest BCUT2D eigenvalue weighted by Crippen LogP contribution is 2.47. The first kappa shape index (κ1) is 9.32. The summed E-state index contributed by atoms with van der Waals surface area (Å²) in [4.78, 5) is 0. The normalized spacial score (nSPS) is 17.9. The van der Waals surface area contributed by atoms with Gasteiger partial charge in [-0.3, -0.25) is 0 Å². The predicted octanol–water partition coefficient (Wildman–Crippen LogP) is 3.49. The molecule has 0 amide bonds. The average Bonchev–Trinajstić information content (AvgIpc) is 2.33. The summed E-state index contributed by atoms with van der Waals surface area (Å²) in [6.45, 7) is 12.5. The van der Waals surface area contributed by atoms with E-state index in [4.69, 9.17) is 4.74 Å². The molecule has 1 aliphatic heterocycles. The number of allylic oxidation sites excluding steroid dienone is 1. The van der Waals surface area contributed by atoms with E-state index in [1.807, 2.05) is 0 Å². The predicted molar refractivity (Wildman–Crippen MR) is 58.7 cm³/mol. The molecule has 1 heteroatoms. The van der Waals surface area contributed by atoms with Gasteiger partial charge in [-0.2, -0.15) is 0 Å². The average molecular weight is 188 g/mol. The van der Waals surface area contributed by atoms with Crippen LogP contribution in [0.5, 0.6) is 5.75 Å². The molecule has 0 aliphatic carbocycles. The minimum absolute atomic E-state index is 0.0502. The number of aryl methyl sites for hydroxylation is 2. The first-order chi connectivity index (χ1) is 6.44. The van der Waals surface area contributed by atoms with Gasteiger partial charge in [-0.25, -0.2) is 0 Å². The maximum absolute atomic E-state index is 5.74. The Morgan fingerprint density at radius 2 is 1.71 bits per heavy atom. The van der Waals surface area contributed by atoms with Gasteiger partial charge >= 0.3 is 0 Å². The monoisotopic (exact) mass is 188 g/mol. The van der Waals surface area contributed by atoms with Crippen molar-refractivity contribution < 1.29 is 4.74 Å². The molecule has 2 rings (SSSR count). The SMILES string of the molecule is C=C1Oc2c(C)ccc(C)c2C1(C)C. The Morgan fingerprint density at radius 1 is 1.14 bits per heavy atom. The molecule has 1 heterocycles. The van der Waals surface area contributed by atoms with Gasteiger partial charge in [0.1, 0.15) is 11.5 Å². The minimum atomic E-state index is -0.0502. The third-order valence-electron chi connectivity index (χ3n) is 3.11. The lowest BCUT2D eigenvalue weighted by molar-refractivity contribution is 0.394. The van der Waals surface area contributed by atoms with Gasteiger partial charge in [-0.15, -0.1) is 0 Å². The van der Waals surface area contributed by atoms with Crippen molar-refractivity contribution in [1.82, 2.24) is 0 Å². The van der Waals surface area contributed by atoms with Crippen molar-refractivity contribution in [1.29, 1.82) is 0 Å². The van der Waals surface area contributed by atoms with Gasteiger partial charge in [0.05, 0.1) is 5.41 Å². The van der Waals surface area contributed by atoms with Crippen LogP contribution in [0.25, 0.3) is 0 Å². The molecule has 0 N–H and O–H groups in total. The summed E-state index contributed by atoms with van der Waals surface area (Å²) in [7, 11) is 0. The van der Waals surface area contributed by atoms with Crippen LogP contribution in [0, 0.1) is 13.8 Å². The quantitative estimate of drug-likeness (QED) is 0.605. The van der Waals surface area contributed by atoms with Crippen LogP contribution in [0.4, 0.5) is 0 Å². The Morgan fingerprint density at radius 3 is 2.29 bits per heavy atom. The van der Waals surface area contributed by atoms with Crippen molar-refractivity contribution in [3.05, 3.63) is 41.2 Å². The van der Waals surface area contributed by atoms with Crippen molar-refractivity contribution >= 4 is 0 Å². The lowest BCUT2D eigenvalue weighted by atomic mass is 9.81. The van der Waals surface area contributed by atoms with Crippen LogP contribution in [0.1, 0.15) is 30.5 Å². The van der Waals surface area contributed by atoms with E-state index in [9.17, 15) is 0 Å². The molecule has 1 nitrogen and oxygen atoms in total. The highest BCUT2D eigenvalue weighted by molar-refractivity contribution is 5.56. The Labute approximate surface area is 85.4 Å². The largest absolute Gasteiger partial charge is 0.461 e. The van der Waals surface area contributed by atoms with Crippen molar-refractivity contribution in [2.45, 2.75) is 33.1 Å². The van der Waals surface area contributed by atoms with E-state index in [1.54, 1.807) is 0 Å². The number of fused-ring (bicyclic) bond motifs is 1. The van der Waals surface area contributed by atoms with Crippen molar-refractivity contribution in [3.63, 3.8) is 0 Å². The van der Waals surface area contributed by atoms with Gasteiger partial charge in [0.2, 0.25) is 0 Å². The second-order valence-corrected chi connectivity index (χ2v) is 4.55.